The van der Waals surface area contributed by atoms with E-state index < -0.39 is 0 Å². The Bertz CT molecular complexity index is 309. The standard InChI is InChI=1S/C12H19NO2S/c1-9(2)6-11(12(14)15-3)13-7-10-4-5-16-8-10/h4-5,8-9,11,13H,6-7H2,1-3H3. The van der Waals surface area contributed by atoms with Crippen molar-refractivity contribution in [2.45, 2.75) is 32.9 Å². The highest BCUT2D eigenvalue weighted by atomic mass is 32.1. The van der Waals surface area contributed by atoms with Crippen LogP contribution in [0.4, 0.5) is 0 Å². The van der Waals surface area contributed by atoms with Gasteiger partial charge in [0, 0.05) is 6.54 Å². The summed E-state index contributed by atoms with van der Waals surface area (Å²) >= 11 is 1.66. The number of nitrogens with one attached hydrogen (secondary N) is 1. The Morgan fingerprint density at radius 2 is 2.31 bits per heavy atom. The monoisotopic (exact) mass is 241 g/mol. The Balaban J connectivity index is 2.46. The summed E-state index contributed by atoms with van der Waals surface area (Å²) in [5, 5.41) is 7.35. The summed E-state index contributed by atoms with van der Waals surface area (Å²) in [6, 6.07) is 1.85. The van der Waals surface area contributed by atoms with E-state index in [0.717, 1.165) is 13.0 Å². The van der Waals surface area contributed by atoms with Gasteiger partial charge in [0.2, 0.25) is 0 Å². The second-order valence-electron chi connectivity index (χ2n) is 4.22. The molecule has 3 nitrogen and oxygen atoms in total. The number of thiophene rings is 1. The van der Waals surface area contributed by atoms with Crippen LogP contribution in [0.3, 0.4) is 0 Å². The van der Waals surface area contributed by atoms with Crippen molar-refractivity contribution in [2.24, 2.45) is 5.92 Å². The first-order chi connectivity index (χ1) is 7.63. The van der Waals surface area contributed by atoms with E-state index >= 15 is 0 Å². The Morgan fingerprint density at radius 3 is 2.81 bits per heavy atom. The second-order valence-corrected chi connectivity index (χ2v) is 5.00. The molecule has 0 radical (unpaired) electrons. The number of hydrogen-bond acceptors (Lipinski definition) is 4. The van der Waals surface area contributed by atoms with Gasteiger partial charge in [0.05, 0.1) is 7.11 Å². The van der Waals surface area contributed by atoms with Crippen LogP contribution in [0.5, 0.6) is 0 Å². The number of rotatable bonds is 6. The molecule has 16 heavy (non-hydrogen) atoms. The van der Waals surface area contributed by atoms with Crippen molar-refractivity contribution in [3.05, 3.63) is 22.4 Å². The first kappa shape index (κ1) is 13.2. The highest BCUT2D eigenvalue weighted by molar-refractivity contribution is 7.07. The zero-order valence-electron chi connectivity index (χ0n) is 10.0. The number of methoxy groups -OCH3 is 1. The maximum Gasteiger partial charge on any atom is 0.322 e. The molecule has 1 unspecified atom stereocenters. The largest absolute Gasteiger partial charge is 0.468 e. The molecule has 0 aliphatic heterocycles. The number of carbonyl (C=O) groups is 1. The molecular formula is C12H19NO2S. The van der Waals surface area contributed by atoms with Crippen molar-refractivity contribution >= 4 is 17.3 Å². The van der Waals surface area contributed by atoms with Crippen LogP contribution >= 0.6 is 11.3 Å². The van der Waals surface area contributed by atoms with Crippen LogP contribution in [0.2, 0.25) is 0 Å². The topological polar surface area (TPSA) is 38.3 Å². The lowest BCUT2D eigenvalue weighted by molar-refractivity contribution is -0.143. The van der Waals surface area contributed by atoms with Gasteiger partial charge in [-0.3, -0.25) is 4.79 Å². The highest BCUT2D eigenvalue weighted by Crippen LogP contribution is 2.09. The lowest BCUT2D eigenvalue weighted by Gasteiger charge is -2.17. The molecule has 0 saturated carbocycles. The minimum Gasteiger partial charge on any atom is -0.468 e. The van der Waals surface area contributed by atoms with Gasteiger partial charge < -0.3 is 10.1 Å². The molecule has 1 aromatic rings. The zero-order chi connectivity index (χ0) is 12.0. The second kappa shape index (κ2) is 6.66. The van der Waals surface area contributed by atoms with Gasteiger partial charge in [0.25, 0.3) is 0 Å². The molecule has 1 rings (SSSR count). The third kappa shape index (κ3) is 4.33. The molecule has 0 aliphatic rings. The quantitative estimate of drug-likeness (QED) is 0.777. The van der Waals surface area contributed by atoms with E-state index in [9.17, 15) is 4.79 Å². The van der Waals surface area contributed by atoms with Gasteiger partial charge in [-0.25, -0.2) is 0 Å². The van der Waals surface area contributed by atoms with Gasteiger partial charge >= 0.3 is 5.97 Å². The van der Waals surface area contributed by atoms with Crippen LogP contribution in [-0.4, -0.2) is 19.1 Å². The maximum absolute atomic E-state index is 11.5. The maximum atomic E-state index is 11.5. The van der Waals surface area contributed by atoms with Crippen LogP contribution < -0.4 is 5.32 Å². The summed E-state index contributed by atoms with van der Waals surface area (Å²) < 4.78 is 4.78. The Kier molecular flexibility index (Phi) is 5.49. The smallest absolute Gasteiger partial charge is 0.322 e. The molecule has 0 saturated heterocycles. The molecule has 1 heterocycles. The van der Waals surface area contributed by atoms with E-state index in [4.69, 9.17) is 4.74 Å². The van der Waals surface area contributed by atoms with Crippen molar-refractivity contribution in [1.29, 1.82) is 0 Å². The van der Waals surface area contributed by atoms with Crippen molar-refractivity contribution in [3.63, 3.8) is 0 Å². The molecule has 90 valence electrons. The minimum atomic E-state index is -0.204. The zero-order valence-corrected chi connectivity index (χ0v) is 10.8. The van der Waals surface area contributed by atoms with E-state index in [0.29, 0.717) is 5.92 Å². The summed E-state index contributed by atoms with van der Waals surface area (Å²) in [6.45, 7) is 4.92. The first-order valence-electron chi connectivity index (χ1n) is 5.45. The Morgan fingerprint density at radius 1 is 1.56 bits per heavy atom. The number of carbonyl (C=O) groups excluding carboxylic acids is 1. The van der Waals surface area contributed by atoms with Gasteiger partial charge in [-0.2, -0.15) is 11.3 Å². The molecule has 0 bridgehead atoms. The van der Waals surface area contributed by atoms with Gasteiger partial charge in [0.15, 0.2) is 0 Å². The van der Waals surface area contributed by atoms with E-state index in [-0.39, 0.29) is 12.0 Å². The van der Waals surface area contributed by atoms with Crippen molar-refractivity contribution in [2.75, 3.05) is 7.11 Å². The average molecular weight is 241 g/mol. The summed E-state index contributed by atoms with van der Waals surface area (Å²) in [5.41, 5.74) is 1.21. The summed E-state index contributed by atoms with van der Waals surface area (Å²) in [6.07, 6.45) is 0.802. The van der Waals surface area contributed by atoms with Crippen LogP contribution in [-0.2, 0) is 16.1 Å². The summed E-state index contributed by atoms with van der Waals surface area (Å²) in [5.74, 6) is 0.294. The fourth-order valence-electron chi connectivity index (χ4n) is 1.51. The normalized spacial score (nSPS) is 12.8. The van der Waals surface area contributed by atoms with Gasteiger partial charge in [-0.05, 0) is 34.7 Å². The lowest BCUT2D eigenvalue weighted by Crippen LogP contribution is -2.38. The van der Waals surface area contributed by atoms with Crippen LogP contribution in [0.15, 0.2) is 16.8 Å². The highest BCUT2D eigenvalue weighted by Gasteiger charge is 2.19. The molecule has 0 spiro atoms. The predicted molar refractivity (Wildman–Crippen MR) is 66.4 cm³/mol. The van der Waals surface area contributed by atoms with Crippen molar-refractivity contribution < 1.29 is 9.53 Å². The molecule has 0 aromatic carbocycles. The van der Waals surface area contributed by atoms with Gasteiger partial charge in [-0.15, -0.1) is 0 Å². The van der Waals surface area contributed by atoms with E-state index in [1.54, 1.807) is 11.3 Å². The SMILES string of the molecule is COC(=O)C(CC(C)C)NCc1ccsc1. The van der Waals surface area contributed by atoms with Crippen LogP contribution in [0.1, 0.15) is 25.8 Å². The fourth-order valence-corrected chi connectivity index (χ4v) is 2.18. The average Bonchev–Trinajstić information content (AvgIpc) is 2.75. The minimum absolute atomic E-state index is 0.177. The number of hydrogen-bond donors (Lipinski definition) is 1. The third-order valence-electron chi connectivity index (χ3n) is 2.33. The van der Waals surface area contributed by atoms with Crippen molar-refractivity contribution in [1.82, 2.24) is 5.32 Å². The molecule has 0 fully saturated rings. The van der Waals surface area contributed by atoms with Crippen molar-refractivity contribution in [3.8, 4) is 0 Å². The Labute approximate surface area is 101 Å². The van der Waals surface area contributed by atoms with Gasteiger partial charge in [-0.1, -0.05) is 13.8 Å². The van der Waals surface area contributed by atoms with E-state index in [2.05, 4.69) is 30.6 Å². The first-order valence-corrected chi connectivity index (χ1v) is 6.40. The van der Waals surface area contributed by atoms with Crippen LogP contribution in [0, 0.1) is 5.92 Å². The van der Waals surface area contributed by atoms with E-state index in [1.807, 2.05) is 5.38 Å². The molecule has 0 amide bonds. The fraction of sp³-hybridized carbons (Fsp3) is 0.583. The Hall–Kier alpha value is -0.870. The molecule has 4 heteroatoms. The molecule has 1 atom stereocenters. The number of esters is 1. The summed E-state index contributed by atoms with van der Waals surface area (Å²) in [7, 11) is 1.43. The molecular weight excluding hydrogens is 222 g/mol. The van der Waals surface area contributed by atoms with E-state index in [1.165, 1.54) is 12.7 Å². The van der Waals surface area contributed by atoms with Gasteiger partial charge in [0.1, 0.15) is 6.04 Å². The third-order valence-corrected chi connectivity index (χ3v) is 3.06. The lowest BCUT2D eigenvalue weighted by atomic mass is 10.0. The molecule has 1 aromatic heterocycles. The molecule has 1 N–H and O–H groups in total. The number of ether oxygens (including phenoxy) is 1. The molecule has 0 aliphatic carbocycles. The predicted octanol–water partition coefficient (Wildman–Crippen LogP) is 2.43. The summed E-state index contributed by atoms with van der Waals surface area (Å²) in [4.78, 5) is 11.5. The van der Waals surface area contributed by atoms with Crippen LogP contribution in [0.25, 0.3) is 0 Å².